The Morgan fingerprint density at radius 1 is 1.47 bits per heavy atom. The largest absolute Gasteiger partial charge is 0.324 e. The second-order valence-corrected chi connectivity index (χ2v) is 4.71. The van der Waals surface area contributed by atoms with Gasteiger partial charge in [-0.3, -0.25) is 4.79 Å². The quantitative estimate of drug-likeness (QED) is 0.841. The molecule has 2 nitrogen and oxygen atoms in total. The van der Waals surface area contributed by atoms with Gasteiger partial charge in [-0.1, -0.05) is 23.8 Å². The second-order valence-electron chi connectivity index (χ2n) is 4.27. The number of carbonyl (C=O) groups is 1. The van der Waals surface area contributed by atoms with Crippen molar-refractivity contribution >= 4 is 17.4 Å². The predicted molar refractivity (Wildman–Crippen MR) is 65.3 cm³/mol. The predicted octanol–water partition coefficient (Wildman–Crippen LogP) is 2.49. The smallest absolute Gasteiger partial charge is 0.144 e. The maximum absolute atomic E-state index is 13.4. The number of hydrogen-bond acceptors (Lipinski definition) is 2. The van der Waals surface area contributed by atoms with Crippen molar-refractivity contribution in [2.45, 2.75) is 18.9 Å². The van der Waals surface area contributed by atoms with Crippen LogP contribution < -0.4 is 5.73 Å². The standard InChI is InChI=1S/C13H13ClFNO/c14-10-2-4-12(15)9(5-10)7-13(17)8-1-3-11(16)6-8/h1-5,8,11H,6-7,16H2. The first-order valence-corrected chi connectivity index (χ1v) is 5.84. The first-order chi connectivity index (χ1) is 8.06. The summed E-state index contributed by atoms with van der Waals surface area (Å²) < 4.78 is 13.4. The molecule has 0 fully saturated rings. The second kappa shape index (κ2) is 4.98. The Bertz CT molecular complexity index is 472. The lowest BCUT2D eigenvalue weighted by molar-refractivity contribution is -0.120. The van der Waals surface area contributed by atoms with Crippen molar-refractivity contribution in [1.29, 1.82) is 0 Å². The lowest BCUT2D eigenvalue weighted by Gasteiger charge is -2.09. The average molecular weight is 254 g/mol. The van der Waals surface area contributed by atoms with E-state index in [1.165, 1.54) is 18.2 Å². The van der Waals surface area contributed by atoms with Gasteiger partial charge < -0.3 is 5.73 Å². The van der Waals surface area contributed by atoms with E-state index in [4.69, 9.17) is 17.3 Å². The Hall–Kier alpha value is -1.19. The van der Waals surface area contributed by atoms with Crippen LogP contribution in [0.3, 0.4) is 0 Å². The molecule has 2 rings (SSSR count). The average Bonchev–Trinajstić information content (AvgIpc) is 2.70. The molecule has 90 valence electrons. The molecule has 2 N–H and O–H groups in total. The van der Waals surface area contributed by atoms with Gasteiger partial charge in [0, 0.05) is 23.4 Å². The number of ketones is 1. The molecular weight excluding hydrogens is 241 g/mol. The number of carbonyl (C=O) groups excluding carboxylic acids is 1. The van der Waals surface area contributed by atoms with Crippen molar-refractivity contribution in [2.24, 2.45) is 11.7 Å². The third-order valence-corrected chi connectivity index (χ3v) is 3.14. The number of hydrogen-bond donors (Lipinski definition) is 1. The molecule has 0 saturated carbocycles. The number of nitrogens with two attached hydrogens (primary N) is 1. The van der Waals surface area contributed by atoms with Gasteiger partial charge in [-0.25, -0.2) is 4.39 Å². The lowest BCUT2D eigenvalue weighted by atomic mass is 9.96. The van der Waals surface area contributed by atoms with Gasteiger partial charge in [0.1, 0.15) is 11.6 Å². The zero-order valence-electron chi connectivity index (χ0n) is 9.20. The summed E-state index contributed by atoms with van der Waals surface area (Å²) in [5.41, 5.74) is 6.02. The van der Waals surface area contributed by atoms with Crippen molar-refractivity contribution in [3.05, 3.63) is 46.8 Å². The van der Waals surface area contributed by atoms with Crippen LogP contribution in [-0.2, 0) is 11.2 Å². The van der Waals surface area contributed by atoms with Crippen LogP contribution in [0.15, 0.2) is 30.4 Å². The molecule has 1 aromatic rings. The van der Waals surface area contributed by atoms with Crippen molar-refractivity contribution in [1.82, 2.24) is 0 Å². The molecule has 0 aromatic heterocycles. The molecule has 17 heavy (non-hydrogen) atoms. The molecule has 0 aliphatic heterocycles. The van der Waals surface area contributed by atoms with Gasteiger partial charge in [0.15, 0.2) is 0 Å². The molecule has 0 saturated heterocycles. The molecule has 2 atom stereocenters. The summed E-state index contributed by atoms with van der Waals surface area (Å²) in [6.07, 6.45) is 4.29. The fourth-order valence-electron chi connectivity index (χ4n) is 1.96. The lowest BCUT2D eigenvalue weighted by Crippen LogP contribution is -2.20. The Labute approximate surface area is 104 Å². The van der Waals surface area contributed by atoms with Crippen LogP contribution in [0.2, 0.25) is 5.02 Å². The fraction of sp³-hybridized carbons (Fsp3) is 0.308. The molecule has 0 bridgehead atoms. The minimum Gasteiger partial charge on any atom is -0.324 e. The summed E-state index contributed by atoms with van der Waals surface area (Å²) in [5.74, 6) is -0.604. The van der Waals surface area contributed by atoms with Gasteiger partial charge in [0.05, 0.1) is 0 Å². The van der Waals surface area contributed by atoms with E-state index in [9.17, 15) is 9.18 Å². The number of benzene rings is 1. The van der Waals surface area contributed by atoms with E-state index in [0.717, 1.165) is 0 Å². The first-order valence-electron chi connectivity index (χ1n) is 5.47. The van der Waals surface area contributed by atoms with E-state index in [-0.39, 0.29) is 24.2 Å². The molecule has 2 unspecified atom stereocenters. The van der Waals surface area contributed by atoms with Crippen LogP contribution in [0.4, 0.5) is 4.39 Å². The Morgan fingerprint density at radius 3 is 2.88 bits per heavy atom. The van der Waals surface area contributed by atoms with E-state index in [1.807, 2.05) is 6.08 Å². The monoisotopic (exact) mass is 253 g/mol. The summed E-state index contributed by atoms with van der Waals surface area (Å²) in [6, 6.07) is 4.18. The maximum atomic E-state index is 13.4. The van der Waals surface area contributed by atoms with Crippen LogP contribution in [-0.4, -0.2) is 11.8 Å². The van der Waals surface area contributed by atoms with Crippen LogP contribution in [0.1, 0.15) is 12.0 Å². The molecule has 4 heteroatoms. The van der Waals surface area contributed by atoms with Crippen LogP contribution in [0.5, 0.6) is 0 Å². The van der Waals surface area contributed by atoms with Gasteiger partial charge >= 0.3 is 0 Å². The van der Waals surface area contributed by atoms with Crippen LogP contribution in [0, 0.1) is 11.7 Å². The minimum atomic E-state index is -0.394. The Kier molecular flexibility index (Phi) is 3.60. The fourth-order valence-corrected chi connectivity index (χ4v) is 2.16. The molecule has 0 spiro atoms. The van der Waals surface area contributed by atoms with Crippen molar-refractivity contribution in [3.63, 3.8) is 0 Å². The molecule has 1 aliphatic rings. The SMILES string of the molecule is NC1C=CC(C(=O)Cc2cc(Cl)ccc2F)C1. The number of allylic oxidation sites excluding steroid dienone is 1. The highest BCUT2D eigenvalue weighted by atomic mass is 35.5. The zero-order valence-corrected chi connectivity index (χ0v) is 9.95. The van der Waals surface area contributed by atoms with E-state index in [2.05, 4.69) is 0 Å². The molecule has 0 radical (unpaired) electrons. The molecular formula is C13H13ClFNO. The molecule has 1 aromatic carbocycles. The number of rotatable bonds is 3. The summed E-state index contributed by atoms with van der Waals surface area (Å²) >= 11 is 5.77. The van der Waals surface area contributed by atoms with E-state index in [1.54, 1.807) is 6.08 Å². The Morgan fingerprint density at radius 2 is 2.24 bits per heavy atom. The van der Waals surface area contributed by atoms with Crippen LogP contribution in [0.25, 0.3) is 0 Å². The van der Waals surface area contributed by atoms with Gasteiger partial charge in [0.2, 0.25) is 0 Å². The van der Waals surface area contributed by atoms with Crippen molar-refractivity contribution < 1.29 is 9.18 Å². The van der Waals surface area contributed by atoms with Gasteiger partial charge in [-0.05, 0) is 30.2 Å². The van der Waals surface area contributed by atoms with Gasteiger partial charge in [0.25, 0.3) is 0 Å². The van der Waals surface area contributed by atoms with Crippen molar-refractivity contribution in [2.75, 3.05) is 0 Å². The third kappa shape index (κ3) is 2.93. The molecule has 1 aliphatic carbocycles. The number of halogens is 2. The Balaban J connectivity index is 2.08. The van der Waals surface area contributed by atoms with E-state index in [0.29, 0.717) is 17.0 Å². The summed E-state index contributed by atoms with van der Waals surface area (Å²) in [4.78, 5) is 11.9. The normalized spacial score (nSPS) is 23.0. The van der Waals surface area contributed by atoms with Crippen molar-refractivity contribution in [3.8, 4) is 0 Å². The van der Waals surface area contributed by atoms with E-state index < -0.39 is 5.82 Å². The summed E-state index contributed by atoms with van der Waals surface area (Å²) in [6.45, 7) is 0. The highest BCUT2D eigenvalue weighted by Gasteiger charge is 2.23. The van der Waals surface area contributed by atoms with Crippen LogP contribution >= 0.6 is 11.6 Å². The van der Waals surface area contributed by atoms with Gasteiger partial charge in [-0.2, -0.15) is 0 Å². The molecule has 0 amide bonds. The zero-order chi connectivity index (χ0) is 12.4. The minimum absolute atomic E-state index is 0.0182. The highest BCUT2D eigenvalue weighted by molar-refractivity contribution is 6.30. The molecule has 0 heterocycles. The third-order valence-electron chi connectivity index (χ3n) is 2.90. The first kappa shape index (κ1) is 12.3. The summed E-state index contributed by atoms with van der Waals surface area (Å²) in [7, 11) is 0. The highest BCUT2D eigenvalue weighted by Crippen LogP contribution is 2.21. The number of Topliss-reactive ketones (excluding diaryl/α,β-unsaturated/α-hetero) is 1. The maximum Gasteiger partial charge on any atom is 0.144 e. The summed E-state index contributed by atoms with van der Waals surface area (Å²) in [5, 5.41) is 0.438. The van der Waals surface area contributed by atoms with Gasteiger partial charge in [-0.15, -0.1) is 0 Å². The van der Waals surface area contributed by atoms with E-state index >= 15 is 0 Å². The topological polar surface area (TPSA) is 43.1 Å².